The second kappa shape index (κ2) is 12.1. The maximum absolute atomic E-state index is 16.2. The normalized spacial score (nSPS) is 17.0. The molecule has 1 unspecified atom stereocenters. The molecule has 220 valence electrons. The second-order valence-electron chi connectivity index (χ2n) is 10.3. The molecule has 0 amide bonds. The van der Waals surface area contributed by atoms with Crippen molar-refractivity contribution >= 4 is 44.5 Å². The van der Waals surface area contributed by atoms with Crippen LogP contribution in [0.15, 0.2) is 47.5 Å². The summed E-state index contributed by atoms with van der Waals surface area (Å²) in [6, 6.07) is 6.21. The molecule has 2 heterocycles. The monoisotopic (exact) mass is 618 g/mol. The Labute approximate surface area is 246 Å². The first-order valence-electron chi connectivity index (χ1n) is 12.8. The summed E-state index contributed by atoms with van der Waals surface area (Å²) >= 11 is 6.29. The van der Waals surface area contributed by atoms with Crippen molar-refractivity contribution in [2.45, 2.75) is 43.4 Å². The minimum atomic E-state index is -4.72. The van der Waals surface area contributed by atoms with Crippen LogP contribution >= 0.6 is 11.6 Å². The summed E-state index contributed by atoms with van der Waals surface area (Å²) < 4.78 is 77.1. The fraction of sp³-hybridized carbons (Fsp3) is 0.310. The largest absolute Gasteiger partial charge is 0.476 e. The predicted octanol–water partition coefficient (Wildman–Crippen LogP) is 6.12. The van der Waals surface area contributed by atoms with E-state index in [0.717, 1.165) is 30.3 Å². The lowest BCUT2D eigenvalue weighted by atomic mass is 9.85. The van der Waals surface area contributed by atoms with Gasteiger partial charge in [0, 0.05) is 22.3 Å². The Hall–Kier alpha value is -3.95. The van der Waals surface area contributed by atoms with Gasteiger partial charge in [-0.15, -0.1) is 0 Å². The number of benzene rings is 2. The van der Waals surface area contributed by atoms with Crippen molar-refractivity contribution in [3.05, 3.63) is 93.3 Å². The van der Waals surface area contributed by atoms with Crippen molar-refractivity contribution in [1.29, 1.82) is 0 Å². The first kappa shape index (κ1) is 31.0. The molecule has 0 aliphatic carbocycles. The van der Waals surface area contributed by atoms with Gasteiger partial charge in [-0.25, -0.2) is 38.1 Å². The molecule has 8 nitrogen and oxygen atoms in total. The number of halogens is 4. The zero-order valence-corrected chi connectivity index (χ0v) is 24.4. The Morgan fingerprint density at radius 3 is 2.50 bits per heavy atom. The van der Waals surface area contributed by atoms with E-state index in [2.05, 4.69) is 20.1 Å². The van der Waals surface area contributed by atoms with Crippen molar-refractivity contribution < 1.29 is 31.1 Å². The van der Waals surface area contributed by atoms with E-state index in [1.54, 1.807) is 6.92 Å². The number of anilines is 1. The number of ketones is 1. The fourth-order valence-electron chi connectivity index (χ4n) is 4.81. The summed E-state index contributed by atoms with van der Waals surface area (Å²) in [4.78, 5) is 24.4. The molecule has 1 atom stereocenters. The molecule has 42 heavy (non-hydrogen) atoms. The summed E-state index contributed by atoms with van der Waals surface area (Å²) in [6.07, 6.45) is 1.66. The zero-order chi connectivity index (χ0) is 30.8. The van der Waals surface area contributed by atoms with Crippen LogP contribution in [-0.4, -0.2) is 42.9 Å². The number of hydrogen-bond donors (Lipinski definition) is 1. The fourth-order valence-corrected chi connectivity index (χ4v) is 6.55. The first-order chi connectivity index (χ1) is 19.8. The lowest BCUT2D eigenvalue weighted by Crippen LogP contribution is -2.35. The second-order valence-corrected chi connectivity index (χ2v) is 12.6. The Bertz CT molecular complexity index is 1720. The lowest BCUT2D eigenvalue weighted by Gasteiger charge is -2.25. The SMILES string of the molecule is [C-]#[N+]CCNc1nccc(C2=C(c3cc(Cl)cc(CS(=O)(=O)c4c(F)cccc4F)c3F)C(=O)C(C)(CC(C)C)O2)n1. The number of Topliss-reactive ketones (excluding diaryl/α,β-unsaturated/α-hetero) is 1. The zero-order valence-electron chi connectivity index (χ0n) is 22.8. The lowest BCUT2D eigenvalue weighted by molar-refractivity contribution is -0.127. The van der Waals surface area contributed by atoms with Gasteiger partial charge in [0.05, 0.1) is 17.9 Å². The van der Waals surface area contributed by atoms with Crippen LogP contribution < -0.4 is 5.32 Å². The van der Waals surface area contributed by atoms with Gasteiger partial charge in [-0.3, -0.25) is 4.79 Å². The average molecular weight is 619 g/mol. The molecule has 13 heteroatoms. The molecular formula is C29H26ClF3N4O4S. The highest BCUT2D eigenvalue weighted by Gasteiger charge is 2.48. The topological polar surface area (TPSA) is 103 Å². The first-order valence-corrected chi connectivity index (χ1v) is 14.8. The van der Waals surface area contributed by atoms with Crippen LogP contribution in [0.25, 0.3) is 16.2 Å². The van der Waals surface area contributed by atoms with Gasteiger partial charge in [0.25, 0.3) is 0 Å². The highest BCUT2D eigenvalue weighted by molar-refractivity contribution is 7.90. The van der Waals surface area contributed by atoms with Gasteiger partial charge in [-0.2, -0.15) is 0 Å². The Morgan fingerprint density at radius 2 is 1.86 bits per heavy atom. The Kier molecular flexibility index (Phi) is 8.94. The minimum absolute atomic E-state index is 0.00335. The molecule has 0 radical (unpaired) electrons. The van der Waals surface area contributed by atoms with Gasteiger partial charge in [-0.05, 0) is 49.6 Å². The van der Waals surface area contributed by atoms with Crippen LogP contribution in [0.4, 0.5) is 19.1 Å². The number of sulfone groups is 1. The maximum Gasteiger partial charge on any atom is 0.231 e. The van der Waals surface area contributed by atoms with E-state index in [-0.39, 0.29) is 59.0 Å². The summed E-state index contributed by atoms with van der Waals surface area (Å²) in [7, 11) is -4.72. The van der Waals surface area contributed by atoms with E-state index in [0.29, 0.717) is 0 Å². The van der Waals surface area contributed by atoms with Gasteiger partial charge in [0.2, 0.25) is 18.3 Å². The van der Waals surface area contributed by atoms with E-state index >= 15 is 4.39 Å². The van der Waals surface area contributed by atoms with Crippen molar-refractivity contribution in [3.63, 3.8) is 0 Å². The van der Waals surface area contributed by atoms with Gasteiger partial charge < -0.3 is 14.9 Å². The van der Waals surface area contributed by atoms with Crippen LogP contribution in [0.1, 0.15) is 44.0 Å². The number of ether oxygens (including phenoxy) is 1. The molecule has 1 N–H and O–H groups in total. The van der Waals surface area contributed by atoms with Crippen LogP contribution in [0, 0.1) is 29.9 Å². The highest BCUT2D eigenvalue weighted by atomic mass is 35.5. The predicted molar refractivity (Wildman–Crippen MR) is 151 cm³/mol. The molecule has 0 bridgehead atoms. The quantitative estimate of drug-likeness (QED) is 0.216. The Morgan fingerprint density at radius 1 is 1.17 bits per heavy atom. The molecule has 0 saturated carbocycles. The molecule has 0 spiro atoms. The van der Waals surface area contributed by atoms with Crippen molar-refractivity contribution in [1.82, 2.24) is 9.97 Å². The van der Waals surface area contributed by atoms with Crippen molar-refractivity contribution in [2.24, 2.45) is 5.92 Å². The third-order valence-corrected chi connectivity index (χ3v) is 8.33. The molecule has 0 saturated heterocycles. The van der Waals surface area contributed by atoms with Crippen molar-refractivity contribution in [3.8, 4) is 0 Å². The van der Waals surface area contributed by atoms with Crippen LogP contribution in [0.3, 0.4) is 0 Å². The molecule has 0 fully saturated rings. The molecule has 2 aromatic carbocycles. The third kappa shape index (κ3) is 6.27. The summed E-state index contributed by atoms with van der Waals surface area (Å²) in [5, 5.41) is 2.77. The minimum Gasteiger partial charge on any atom is -0.476 e. The molecule has 3 aromatic rings. The number of hydrogen-bond acceptors (Lipinski definition) is 7. The number of carbonyl (C=O) groups is 1. The molecule has 1 aliphatic heterocycles. The van der Waals surface area contributed by atoms with Crippen LogP contribution in [-0.2, 0) is 25.1 Å². The van der Waals surface area contributed by atoms with Crippen LogP contribution in [0.2, 0.25) is 5.02 Å². The maximum atomic E-state index is 16.2. The van der Waals surface area contributed by atoms with E-state index < -0.39 is 54.9 Å². The number of nitrogens with zero attached hydrogens (tertiary/aromatic N) is 3. The van der Waals surface area contributed by atoms with Crippen LogP contribution in [0.5, 0.6) is 0 Å². The average Bonchev–Trinajstić information content (AvgIpc) is 3.15. The number of nitrogens with one attached hydrogen (secondary N) is 1. The number of aromatic nitrogens is 2. The number of carbonyl (C=O) groups excluding carboxylic acids is 1. The third-order valence-electron chi connectivity index (χ3n) is 6.41. The van der Waals surface area contributed by atoms with E-state index in [1.165, 1.54) is 12.3 Å². The summed E-state index contributed by atoms with van der Waals surface area (Å²) in [5.74, 6) is -5.42. The van der Waals surface area contributed by atoms with Crippen molar-refractivity contribution in [2.75, 3.05) is 18.4 Å². The summed E-state index contributed by atoms with van der Waals surface area (Å²) in [6.45, 7) is 12.7. The van der Waals surface area contributed by atoms with Gasteiger partial charge in [-0.1, -0.05) is 31.5 Å². The van der Waals surface area contributed by atoms with E-state index in [1.807, 2.05) is 13.8 Å². The van der Waals surface area contributed by atoms with E-state index in [9.17, 15) is 22.0 Å². The molecule has 4 rings (SSSR count). The Balaban J connectivity index is 1.88. The highest BCUT2D eigenvalue weighted by Crippen LogP contribution is 2.45. The van der Waals surface area contributed by atoms with Gasteiger partial charge in [0.15, 0.2) is 21.2 Å². The number of rotatable bonds is 10. The molecule has 1 aromatic heterocycles. The van der Waals surface area contributed by atoms with Gasteiger partial charge >= 0.3 is 0 Å². The smallest absolute Gasteiger partial charge is 0.231 e. The molecular weight excluding hydrogens is 593 g/mol. The van der Waals surface area contributed by atoms with E-state index in [4.69, 9.17) is 22.9 Å². The standard InChI is InChI=1S/C29H26ClF3N4O4S/c1-16(2)14-29(3)27(38)23(25(41-29)22-8-9-35-28(37-22)36-11-10-34-4)19-13-18(30)12-17(24(19)33)15-42(39,40)26-20(31)6-5-7-21(26)32/h5-9,12-13,16H,10-11,14-15H2,1-3H3,(H,35,36,37). The molecule has 1 aliphatic rings. The van der Waals surface area contributed by atoms with Gasteiger partial charge in [0.1, 0.15) is 28.0 Å². The summed E-state index contributed by atoms with van der Waals surface area (Å²) in [5.41, 5.74) is -2.36.